The van der Waals surface area contributed by atoms with Crippen LogP contribution in [-0.2, 0) is 9.59 Å². The molecule has 0 heterocycles. The van der Waals surface area contributed by atoms with Crippen molar-refractivity contribution in [2.45, 2.75) is 20.8 Å². The Morgan fingerprint density at radius 1 is 1.08 bits per heavy atom. The second-order valence-electron chi connectivity index (χ2n) is 5.97. The maximum atomic E-state index is 13.0. The molecule has 0 unspecified atom stereocenters. The Kier molecular flexibility index (Phi) is 5.78. The zero-order chi connectivity index (χ0) is 17.7. The summed E-state index contributed by atoms with van der Waals surface area (Å²) in [6, 6.07) is 16.7. The molecule has 2 aromatic rings. The van der Waals surface area contributed by atoms with E-state index in [1.807, 2.05) is 49.4 Å². The monoisotopic (exact) mass is 388 g/mol. The first-order chi connectivity index (χ1) is 11.4. The molecule has 0 saturated heterocycles. The first-order valence-electron chi connectivity index (χ1n) is 7.80. The molecule has 0 aliphatic carbocycles. The Bertz CT molecular complexity index is 729. The second kappa shape index (κ2) is 7.62. The largest absolute Gasteiger partial charge is 0.325 e. The second-order valence-corrected chi connectivity index (χ2v) is 6.89. The molecule has 0 spiro atoms. The van der Waals surface area contributed by atoms with Gasteiger partial charge >= 0.3 is 0 Å². The van der Waals surface area contributed by atoms with Gasteiger partial charge in [0.15, 0.2) is 0 Å². The number of nitrogens with zero attached hydrogens (tertiary/aromatic N) is 1. The van der Waals surface area contributed by atoms with Crippen molar-refractivity contribution in [3.63, 3.8) is 0 Å². The molecular weight excluding hydrogens is 368 g/mol. The van der Waals surface area contributed by atoms with E-state index in [0.717, 1.165) is 10.2 Å². The van der Waals surface area contributed by atoms with Crippen LogP contribution in [-0.4, -0.2) is 18.4 Å². The summed E-state index contributed by atoms with van der Waals surface area (Å²) >= 11 is 3.37. The van der Waals surface area contributed by atoms with Crippen LogP contribution >= 0.6 is 15.9 Å². The third kappa shape index (κ3) is 4.03. The fourth-order valence-electron chi connectivity index (χ4n) is 2.34. The number of amides is 2. The number of nitrogens with one attached hydrogen (secondary N) is 1. The molecule has 0 bridgehead atoms. The summed E-state index contributed by atoms with van der Waals surface area (Å²) in [5, 5.41) is 2.82. The highest BCUT2D eigenvalue weighted by Crippen LogP contribution is 2.26. The Morgan fingerprint density at radius 3 is 2.33 bits per heavy atom. The average Bonchev–Trinajstić information content (AvgIpc) is 2.56. The predicted molar refractivity (Wildman–Crippen MR) is 101 cm³/mol. The lowest BCUT2D eigenvalue weighted by Crippen LogP contribution is -2.47. The van der Waals surface area contributed by atoms with Crippen molar-refractivity contribution < 1.29 is 9.59 Å². The normalized spacial score (nSPS) is 11.0. The zero-order valence-corrected chi connectivity index (χ0v) is 15.6. The van der Waals surface area contributed by atoms with Gasteiger partial charge in [-0.1, -0.05) is 40.2 Å². The molecule has 0 atom stereocenters. The third-order valence-corrected chi connectivity index (χ3v) is 4.31. The quantitative estimate of drug-likeness (QED) is 0.768. The molecule has 0 fully saturated rings. The Hall–Kier alpha value is -2.14. The van der Waals surface area contributed by atoms with Crippen molar-refractivity contribution in [3.05, 3.63) is 59.1 Å². The van der Waals surface area contributed by atoms with Crippen molar-refractivity contribution in [1.29, 1.82) is 0 Å². The molecule has 5 heteroatoms. The lowest BCUT2D eigenvalue weighted by molar-refractivity contribution is -0.136. The SMILES string of the molecule is CCN(C(=O)C(C)(C)C(=O)Nc1cccc(Br)c1)c1ccccc1. The maximum absolute atomic E-state index is 13.0. The van der Waals surface area contributed by atoms with Crippen molar-refractivity contribution in [3.8, 4) is 0 Å². The number of carbonyl (C=O) groups is 2. The van der Waals surface area contributed by atoms with Crippen LogP contribution in [0.3, 0.4) is 0 Å². The summed E-state index contributed by atoms with van der Waals surface area (Å²) in [5.41, 5.74) is 0.250. The smallest absolute Gasteiger partial charge is 0.242 e. The molecule has 2 rings (SSSR count). The van der Waals surface area contributed by atoms with E-state index < -0.39 is 5.41 Å². The number of halogens is 1. The highest BCUT2D eigenvalue weighted by molar-refractivity contribution is 9.10. The number of anilines is 2. The highest BCUT2D eigenvalue weighted by atomic mass is 79.9. The van der Waals surface area contributed by atoms with Crippen LogP contribution in [0.25, 0.3) is 0 Å². The van der Waals surface area contributed by atoms with E-state index >= 15 is 0 Å². The van der Waals surface area contributed by atoms with Crippen LogP contribution in [0.2, 0.25) is 0 Å². The standard InChI is InChI=1S/C19H21BrN2O2/c1-4-22(16-11-6-5-7-12-16)18(24)19(2,3)17(23)21-15-10-8-9-14(20)13-15/h5-13H,4H2,1-3H3,(H,21,23). The Labute approximate surface area is 151 Å². The summed E-state index contributed by atoms with van der Waals surface area (Å²) in [5.74, 6) is -0.566. The highest BCUT2D eigenvalue weighted by Gasteiger charge is 2.39. The zero-order valence-electron chi connectivity index (χ0n) is 14.0. The molecule has 0 saturated carbocycles. The van der Waals surface area contributed by atoms with Gasteiger partial charge in [-0.15, -0.1) is 0 Å². The van der Waals surface area contributed by atoms with E-state index in [9.17, 15) is 9.59 Å². The Balaban J connectivity index is 2.21. The first kappa shape index (κ1) is 18.2. The molecule has 1 N–H and O–H groups in total. The fourth-order valence-corrected chi connectivity index (χ4v) is 2.74. The van der Waals surface area contributed by atoms with Crippen LogP contribution < -0.4 is 10.2 Å². The van der Waals surface area contributed by atoms with Gasteiger partial charge in [0.1, 0.15) is 5.41 Å². The van der Waals surface area contributed by atoms with E-state index in [1.54, 1.807) is 30.9 Å². The number of carbonyl (C=O) groups excluding carboxylic acids is 2. The van der Waals surface area contributed by atoms with E-state index in [4.69, 9.17) is 0 Å². The minimum Gasteiger partial charge on any atom is -0.325 e. The van der Waals surface area contributed by atoms with Crippen LogP contribution in [0.1, 0.15) is 20.8 Å². The minimum absolute atomic E-state index is 0.233. The average molecular weight is 389 g/mol. The van der Waals surface area contributed by atoms with E-state index in [1.165, 1.54) is 0 Å². The predicted octanol–water partition coefficient (Wildman–Crippen LogP) is 4.47. The number of rotatable bonds is 5. The van der Waals surface area contributed by atoms with Gasteiger partial charge in [0, 0.05) is 22.4 Å². The maximum Gasteiger partial charge on any atom is 0.242 e. The van der Waals surface area contributed by atoms with Crippen molar-refractivity contribution in [2.75, 3.05) is 16.8 Å². The van der Waals surface area contributed by atoms with Crippen molar-refractivity contribution >= 4 is 39.1 Å². The van der Waals surface area contributed by atoms with Gasteiger partial charge in [0.25, 0.3) is 0 Å². The number of hydrogen-bond acceptors (Lipinski definition) is 2. The third-order valence-electron chi connectivity index (χ3n) is 3.81. The summed E-state index contributed by atoms with van der Waals surface area (Å²) in [6.07, 6.45) is 0. The van der Waals surface area contributed by atoms with E-state index in [2.05, 4.69) is 21.2 Å². The van der Waals surface area contributed by atoms with Gasteiger partial charge in [-0.25, -0.2) is 0 Å². The molecule has 0 aliphatic rings. The van der Waals surface area contributed by atoms with E-state index in [-0.39, 0.29) is 11.8 Å². The summed E-state index contributed by atoms with van der Waals surface area (Å²) in [6.45, 7) is 5.69. The summed E-state index contributed by atoms with van der Waals surface area (Å²) < 4.78 is 0.865. The van der Waals surface area contributed by atoms with Gasteiger partial charge in [0.05, 0.1) is 0 Å². The van der Waals surface area contributed by atoms with Crippen LogP contribution in [0.5, 0.6) is 0 Å². The summed E-state index contributed by atoms with van der Waals surface area (Å²) in [7, 11) is 0. The summed E-state index contributed by atoms with van der Waals surface area (Å²) in [4.78, 5) is 27.2. The van der Waals surface area contributed by atoms with Gasteiger partial charge < -0.3 is 10.2 Å². The topological polar surface area (TPSA) is 49.4 Å². The molecule has 4 nitrogen and oxygen atoms in total. The fraction of sp³-hybridized carbons (Fsp3) is 0.263. The minimum atomic E-state index is -1.19. The van der Waals surface area contributed by atoms with Gasteiger partial charge in [-0.3, -0.25) is 9.59 Å². The van der Waals surface area contributed by atoms with Gasteiger partial charge in [-0.05, 0) is 51.1 Å². The van der Waals surface area contributed by atoms with Crippen molar-refractivity contribution in [2.24, 2.45) is 5.41 Å². The molecular formula is C19H21BrN2O2. The van der Waals surface area contributed by atoms with Crippen molar-refractivity contribution in [1.82, 2.24) is 0 Å². The van der Waals surface area contributed by atoms with Gasteiger partial charge in [0.2, 0.25) is 11.8 Å². The molecule has 0 aliphatic heterocycles. The molecule has 0 radical (unpaired) electrons. The van der Waals surface area contributed by atoms with E-state index in [0.29, 0.717) is 12.2 Å². The Morgan fingerprint density at radius 2 is 1.75 bits per heavy atom. The number of benzene rings is 2. The van der Waals surface area contributed by atoms with Gasteiger partial charge in [-0.2, -0.15) is 0 Å². The first-order valence-corrected chi connectivity index (χ1v) is 8.59. The number of para-hydroxylation sites is 1. The van der Waals surface area contributed by atoms with Crippen LogP contribution in [0.15, 0.2) is 59.1 Å². The molecule has 126 valence electrons. The molecule has 0 aromatic heterocycles. The van der Waals surface area contributed by atoms with Crippen LogP contribution in [0, 0.1) is 5.41 Å². The molecule has 24 heavy (non-hydrogen) atoms. The molecule has 2 amide bonds. The van der Waals surface area contributed by atoms with Crippen LogP contribution in [0.4, 0.5) is 11.4 Å². The number of hydrogen-bond donors (Lipinski definition) is 1. The lowest BCUT2D eigenvalue weighted by atomic mass is 9.89. The lowest BCUT2D eigenvalue weighted by Gasteiger charge is -2.30. The molecule has 2 aromatic carbocycles.